The number of amides is 1. The van der Waals surface area contributed by atoms with Gasteiger partial charge in [-0.3, -0.25) is 10.0 Å². The molecule has 3 aliphatic rings. The molecule has 30 heavy (non-hydrogen) atoms. The molecular weight excluding hydrogens is 382 g/mol. The first-order valence-electron chi connectivity index (χ1n) is 11.2. The lowest BCUT2D eigenvalue weighted by molar-refractivity contribution is -0.123. The molecule has 3 fully saturated rings. The Morgan fingerprint density at radius 3 is 2.63 bits per heavy atom. The van der Waals surface area contributed by atoms with Gasteiger partial charge in [0.1, 0.15) is 0 Å². The highest BCUT2D eigenvalue weighted by molar-refractivity contribution is 5.94. The van der Waals surface area contributed by atoms with E-state index in [-0.39, 0.29) is 24.5 Å². The lowest BCUT2D eigenvalue weighted by atomic mass is 9.46. The fourth-order valence-corrected chi connectivity index (χ4v) is 6.62. The first-order chi connectivity index (χ1) is 14.1. The fraction of sp³-hybridized carbons (Fsp3) is 0.739. The highest BCUT2D eigenvalue weighted by atomic mass is 16.5. The number of nitrogens with zero attached hydrogens (tertiary/aromatic N) is 2. The summed E-state index contributed by atoms with van der Waals surface area (Å²) in [6.07, 6.45) is 6.73. The molecule has 0 radical (unpaired) electrons. The summed E-state index contributed by atoms with van der Waals surface area (Å²) < 4.78 is 0. The zero-order chi connectivity index (χ0) is 21.7. The highest BCUT2D eigenvalue weighted by Crippen LogP contribution is 2.66. The van der Waals surface area contributed by atoms with E-state index in [0.29, 0.717) is 47.9 Å². The lowest BCUT2D eigenvalue weighted by Crippen LogP contribution is -2.59. The van der Waals surface area contributed by atoms with Crippen LogP contribution < -0.4 is 10.4 Å². The Hall–Kier alpha value is -1.70. The number of anilines is 1. The molecule has 0 spiro atoms. The minimum Gasteiger partial charge on any atom is -0.395 e. The van der Waals surface area contributed by atoms with E-state index in [2.05, 4.69) is 31.1 Å². The number of carbonyl (C=O) groups excluding carboxylic acids is 1. The third-order valence-electron chi connectivity index (χ3n) is 8.28. The predicted molar refractivity (Wildman–Crippen MR) is 113 cm³/mol. The Kier molecular flexibility index (Phi) is 5.36. The number of hydroxylamine groups is 1. The number of nitrogens with one attached hydrogen (secondary N) is 1. The molecule has 4 rings (SSSR count). The van der Waals surface area contributed by atoms with Crippen molar-refractivity contribution in [1.29, 1.82) is 0 Å². The van der Waals surface area contributed by atoms with Crippen molar-refractivity contribution < 1.29 is 20.2 Å². The van der Waals surface area contributed by atoms with E-state index in [0.717, 1.165) is 17.9 Å². The molecule has 3 saturated carbocycles. The summed E-state index contributed by atoms with van der Waals surface area (Å²) in [4.78, 5) is 16.3. The molecule has 1 aromatic heterocycles. The summed E-state index contributed by atoms with van der Waals surface area (Å²) in [5.74, 6) is 1.31. The van der Waals surface area contributed by atoms with E-state index in [1.54, 1.807) is 12.1 Å². The molecule has 5 atom stereocenters. The Balaban J connectivity index is 1.51. The third-order valence-corrected chi connectivity index (χ3v) is 8.28. The monoisotopic (exact) mass is 417 g/mol. The SMILES string of the molecule is CC1(C)C[C@H]2[C@H]1CC[C@@]1(O)C[C@]2(C)CC[C@H]1N(O)c1ccc(C(=O)NCCO)cn1. The van der Waals surface area contributed by atoms with Crippen LogP contribution >= 0.6 is 0 Å². The van der Waals surface area contributed by atoms with E-state index in [4.69, 9.17) is 5.11 Å². The number of pyridine rings is 1. The van der Waals surface area contributed by atoms with Crippen LogP contribution in [0.2, 0.25) is 0 Å². The van der Waals surface area contributed by atoms with Crippen LogP contribution in [-0.2, 0) is 0 Å². The normalized spacial score (nSPS) is 36.8. The molecule has 0 aromatic carbocycles. The Bertz CT molecular complexity index is 798. The van der Waals surface area contributed by atoms with Gasteiger partial charge in [-0.1, -0.05) is 20.8 Å². The molecule has 3 aliphatic carbocycles. The van der Waals surface area contributed by atoms with Crippen molar-refractivity contribution in [2.24, 2.45) is 22.7 Å². The van der Waals surface area contributed by atoms with E-state index in [1.165, 1.54) is 12.6 Å². The second kappa shape index (κ2) is 7.46. The number of aliphatic hydroxyl groups is 2. The molecule has 2 bridgehead atoms. The largest absolute Gasteiger partial charge is 0.395 e. The zero-order valence-corrected chi connectivity index (χ0v) is 18.3. The Morgan fingerprint density at radius 2 is 2.00 bits per heavy atom. The van der Waals surface area contributed by atoms with Gasteiger partial charge in [-0.2, -0.15) is 0 Å². The van der Waals surface area contributed by atoms with Crippen LogP contribution in [0.25, 0.3) is 0 Å². The molecule has 166 valence electrons. The molecule has 7 heteroatoms. The van der Waals surface area contributed by atoms with Crippen LogP contribution in [0, 0.1) is 22.7 Å². The Morgan fingerprint density at radius 1 is 1.23 bits per heavy atom. The first kappa shape index (κ1) is 21.5. The summed E-state index contributed by atoms with van der Waals surface area (Å²) in [5.41, 5.74) is -0.133. The van der Waals surface area contributed by atoms with Crippen LogP contribution in [-0.4, -0.2) is 51.1 Å². The molecule has 1 heterocycles. The van der Waals surface area contributed by atoms with Crippen molar-refractivity contribution in [3.8, 4) is 0 Å². The first-order valence-corrected chi connectivity index (χ1v) is 11.2. The topological polar surface area (TPSA) is 106 Å². The quantitative estimate of drug-likeness (QED) is 0.549. The summed E-state index contributed by atoms with van der Waals surface area (Å²) in [5, 5.41) is 35.2. The molecule has 0 unspecified atom stereocenters. The van der Waals surface area contributed by atoms with Crippen LogP contribution in [0.3, 0.4) is 0 Å². The van der Waals surface area contributed by atoms with Gasteiger partial charge in [0.25, 0.3) is 5.91 Å². The van der Waals surface area contributed by atoms with Gasteiger partial charge in [0, 0.05) is 12.7 Å². The van der Waals surface area contributed by atoms with Gasteiger partial charge in [0.2, 0.25) is 0 Å². The summed E-state index contributed by atoms with van der Waals surface area (Å²) >= 11 is 0. The molecular formula is C23H35N3O4. The smallest absolute Gasteiger partial charge is 0.252 e. The number of hydrogen-bond acceptors (Lipinski definition) is 6. The number of rotatable bonds is 5. The van der Waals surface area contributed by atoms with Gasteiger partial charge < -0.3 is 15.5 Å². The molecule has 0 aliphatic heterocycles. The lowest BCUT2D eigenvalue weighted by Gasteiger charge is -2.59. The van der Waals surface area contributed by atoms with Crippen molar-refractivity contribution in [2.45, 2.75) is 70.9 Å². The van der Waals surface area contributed by atoms with Gasteiger partial charge in [0.15, 0.2) is 5.82 Å². The highest BCUT2D eigenvalue weighted by Gasteiger charge is 2.62. The van der Waals surface area contributed by atoms with Crippen LogP contribution in [0.1, 0.15) is 69.7 Å². The van der Waals surface area contributed by atoms with Gasteiger partial charge in [-0.25, -0.2) is 10.0 Å². The predicted octanol–water partition coefficient (Wildman–Crippen LogP) is 2.75. The molecule has 1 amide bonds. The minimum absolute atomic E-state index is 0.116. The maximum Gasteiger partial charge on any atom is 0.252 e. The minimum atomic E-state index is -0.950. The van der Waals surface area contributed by atoms with Crippen molar-refractivity contribution in [2.75, 3.05) is 18.2 Å². The molecule has 7 nitrogen and oxygen atoms in total. The van der Waals surface area contributed by atoms with Crippen molar-refractivity contribution in [3.05, 3.63) is 23.9 Å². The molecule has 4 N–H and O–H groups in total. The third kappa shape index (κ3) is 3.51. The standard InChI is InChI=1S/C23H35N3O4/c1-21(2)12-17-16(21)6-9-23(29)14-22(17,3)8-7-18(23)26(30)19-5-4-15(13-25-19)20(28)24-10-11-27/h4-5,13,16-18,27,29-30H,6-12,14H2,1-3H3,(H,24,28)/t16-,17+,18-,22+,23-/m1/s1. The second-order valence-electron chi connectivity index (χ2n) is 10.7. The van der Waals surface area contributed by atoms with Gasteiger partial charge in [-0.15, -0.1) is 0 Å². The Labute approximate surface area is 178 Å². The summed E-state index contributed by atoms with van der Waals surface area (Å²) in [6, 6.07) is 2.80. The summed E-state index contributed by atoms with van der Waals surface area (Å²) in [7, 11) is 0. The fourth-order valence-electron chi connectivity index (χ4n) is 6.62. The van der Waals surface area contributed by atoms with Crippen LogP contribution in [0.5, 0.6) is 0 Å². The zero-order valence-electron chi connectivity index (χ0n) is 18.3. The van der Waals surface area contributed by atoms with Crippen molar-refractivity contribution in [3.63, 3.8) is 0 Å². The molecule has 1 aromatic rings. The maximum atomic E-state index is 12.0. The van der Waals surface area contributed by atoms with Gasteiger partial charge >= 0.3 is 0 Å². The number of aromatic nitrogens is 1. The summed E-state index contributed by atoms with van der Waals surface area (Å²) in [6.45, 7) is 7.06. The maximum absolute atomic E-state index is 12.0. The van der Waals surface area contributed by atoms with Gasteiger partial charge in [-0.05, 0) is 73.3 Å². The average molecular weight is 418 g/mol. The van der Waals surface area contributed by atoms with E-state index in [1.807, 2.05) is 0 Å². The van der Waals surface area contributed by atoms with Crippen LogP contribution in [0.4, 0.5) is 5.82 Å². The number of fused-ring (bicyclic) bond motifs is 4. The second-order valence-corrected chi connectivity index (χ2v) is 10.7. The van der Waals surface area contributed by atoms with Gasteiger partial charge in [0.05, 0.1) is 23.8 Å². The number of aliphatic hydroxyl groups excluding tert-OH is 1. The number of carbonyl (C=O) groups is 1. The van der Waals surface area contributed by atoms with Crippen molar-refractivity contribution in [1.82, 2.24) is 10.3 Å². The van der Waals surface area contributed by atoms with Crippen molar-refractivity contribution >= 4 is 11.7 Å². The van der Waals surface area contributed by atoms with Crippen LogP contribution in [0.15, 0.2) is 18.3 Å². The average Bonchev–Trinajstić information content (AvgIpc) is 2.77. The van der Waals surface area contributed by atoms with E-state index in [9.17, 15) is 15.1 Å². The molecule has 0 saturated heterocycles. The van der Waals surface area contributed by atoms with E-state index >= 15 is 0 Å². The number of hydrogen-bond donors (Lipinski definition) is 4. The van der Waals surface area contributed by atoms with E-state index < -0.39 is 11.6 Å².